The van der Waals surface area contributed by atoms with Crippen molar-refractivity contribution >= 4 is 33.7 Å². The number of hydrogen-bond acceptors (Lipinski definition) is 4. The van der Waals surface area contributed by atoms with E-state index in [9.17, 15) is 13.2 Å². The Morgan fingerprint density at radius 3 is 2.52 bits per heavy atom. The molecule has 0 aliphatic heterocycles. The number of nitrogens with two attached hydrogens (primary N) is 1. The van der Waals surface area contributed by atoms with Crippen LogP contribution in [0.25, 0.3) is 6.08 Å². The lowest BCUT2D eigenvalue weighted by Gasteiger charge is -1.99. The van der Waals surface area contributed by atoms with Gasteiger partial charge in [-0.2, -0.15) is 8.42 Å². The number of amides is 1. The van der Waals surface area contributed by atoms with Crippen molar-refractivity contribution in [2.45, 2.75) is 6.92 Å². The number of hydrogen-bond donors (Lipinski definition) is 2. The normalized spacial score (nSPS) is 10.9. The first-order valence-corrected chi connectivity index (χ1v) is 8.19. The highest BCUT2D eigenvalue weighted by atomic mass is 35.5. The van der Waals surface area contributed by atoms with E-state index in [0.29, 0.717) is 21.6 Å². The van der Waals surface area contributed by atoms with E-state index in [1.165, 1.54) is 12.3 Å². The van der Waals surface area contributed by atoms with E-state index >= 15 is 0 Å². The molecule has 1 amide bonds. The van der Waals surface area contributed by atoms with Gasteiger partial charge in [-0.3, -0.25) is 14.3 Å². The van der Waals surface area contributed by atoms with Crippen LogP contribution in [-0.4, -0.2) is 23.9 Å². The molecule has 0 saturated heterocycles. The fourth-order valence-electron chi connectivity index (χ4n) is 1.54. The molecule has 2 rings (SSSR count). The molecule has 0 spiro atoms. The summed E-state index contributed by atoms with van der Waals surface area (Å²) in [5.74, 6) is -0.417. The molecule has 122 valence electrons. The van der Waals surface area contributed by atoms with Crippen LogP contribution in [0.15, 0.2) is 48.1 Å². The minimum Gasteiger partial charge on any atom is -0.366 e. The highest BCUT2D eigenvalue weighted by molar-refractivity contribution is 7.88. The van der Waals surface area contributed by atoms with E-state index in [2.05, 4.69) is 4.98 Å². The zero-order chi connectivity index (χ0) is 17.5. The van der Waals surface area contributed by atoms with Gasteiger partial charge in [0.05, 0.1) is 5.41 Å². The second-order valence-electron chi connectivity index (χ2n) is 4.43. The minimum absolute atomic E-state index is 0.417. The van der Waals surface area contributed by atoms with E-state index < -0.39 is 16.0 Å². The highest BCUT2D eigenvalue weighted by Crippen LogP contribution is 2.14. The number of aryl methyl sites for hydroxylation is 1. The second kappa shape index (κ2) is 8.42. The van der Waals surface area contributed by atoms with Crippen molar-refractivity contribution < 1.29 is 17.8 Å². The van der Waals surface area contributed by atoms with Gasteiger partial charge >= 0.3 is 0 Å². The molecule has 1 heterocycles. The molecule has 0 radical (unpaired) electrons. The lowest BCUT2D eigenvalue weighted by molar-refractivity contribution is 0.0999. The van der Waals surface area contributed by atoms with Gasteiger partial charge in [0.15, 0.2) is 0 Å². The SMILES string of the molecule is Cc1cc(Cl)ccc1C(N)=O.O=S(=O)(O)C=Cc1cccnc1. The average molecular weight is 355 g/mol. The molecule has 6 nitrogen and oxygen atoms in total. The third-order valence-electron chi connectivity index (χ3n) is 2.57. The minimum atomic E-state index is -4.03. The predicted octanol–water partition coefficient (Wildman–Crippen LogP) is 2.69. The maximum absolute atomic E-state index is 10.7. The maximum Gasteiger partial charge on any atom is 0.287 e. The van der Waals surface area contributed by atoms with Crippen molar-refractivity contribution in [2.24, 2.45) is 5.73 Å². The Morgan fingerprint density at radius 1 is 1.35 bits per heavy atom. The summed E-state index contributed by atoms with van der Waals surface area (Å²) in [4.78, 5) is 14.5. The molecular weight excluding hydrogens is 340 g/mol. The van der Waals surface area contributed by atoms with Crippen LogP contribution < -0.4 is 5.73 Å². The van der Waals surface area contributed by atoms with Crippen molar-refractivity contribution in [3.63, 3.8) is 0 Å². The van der Waals surface area contributed by atoms with E-state index in [1.54, 1.807) is 43.5 Å². The number of benzene rings is 1. The summed E-state index contributed by atoms with van der Waals surface area (Å²) in [5, 5.41) is 1.33. The van der Waals surface area contributed by atoms with Crippen LogP contribution in [0.2, 0.25) is 5.02 Å². The van der Waals surface area contributed by atoms with Gasteiger partial charge in [0.1, 0.15) is 0 Å². The average Bonchev–Trinajstić information content (AvgIpc) is 2.46. The number of pyridine rings is 1. The zero-order valence-corrected chi connectivity index (χ0v) is 13.8. The van der Waals surface area contributed by atoms with Gasteiger partial charge in [0.2, 0.25) is 5.91 Å². The Bertz CT molecular complexity index is 805. The van der Waals surface area contributed by atoms with Gasteiger partial charge in [-0.25, -0.2) is 0 Å². The first-order valence-electron chi connectivity index (χ1n) is 6.30. The van der Waals surface area contributed by atoms with Crippen molar-refractivity contribution in [3.05, 3.63) is 69.8 Å². The second-order valence-corrected chi connectivity index (χ2v) is 6.17. The monoisotopic (exact) mass is 354 g/mol. The Hall–Kier alpha value is -2.22. The summed E-state index contributed by atoms with van der Waals surface area (Å²) >= 11 is 5.67. The van der Waals surface area contributed by atoms with Crippen molar-refractivity contribution in [1.82, 2.24) is 4.98 Å². The number of halogens is 1. The van der Waals surface area contributed by atoms with Gasteiger partial charge in [0, 0.05) is 23.0 Å². The van der Waals surface area contributed by atoms with Gasteiger partial charge in [-0.05, 0) is 48.4 Å². The number of carbonyl (C=O) groups is 1. The topological polar surface area (TPSA) is 110 Å². The van der Waals surface area contributed by atoms with Crippen LogP contribution in [0.3, 0.4) is 0 Å². The van der Waals surface area contributed by atoms with Crippen LogP contribution >= 0.6 is 11.6 Å². The molecule has 0 saturated carbocycles. The van der Waals surface area contributed by atoms with Gasteiger partial charge in [-0.15, -0.1) is 0 Å². The van der Waals surface area contributed by atoms with Crippen molar-refractivity contribution in [3.8, 4) is 0 Å². The van der Waals surface area contributed by atoms with Crippen molar-refractivity contribution in [1.29, 1.82) is 0 Å². The number of aromatic nitrogens is 1. The third kappa shape index (κ3) is 7.55. The molecule has 8 heteroatoms. The zero-order valence-electron chi connectivity index (χ0n) is 12.2. The molecule has 0 unspecified atom stereocenters. The molecule has 3 N–H and O–H groups in total. The van der Waals surface area contributed by atoms with Crippen LogP contribution in [0.4, 0.5) is 0 Å². The molecule has 1 aromatic heterocycles. The Morgan fingerprint density at radius 2 is 2.04 bits per heavy atom. The third-order valence-corrected chi connectivity index (χ3v) is 3.29. The summed E-state index contributed by atoms with van der Waals surface area (Å²) in [5.41, 5.74) is 7.04. The molecule has 0 atom stereocenters. The van der Waals surface area contributed by atoms with Gasteiger partial charge in [0.25, 0.3) is 10.1 Å². The number of nitrogens with zero attached hydrogens (tertiary/aromatic N) is 1. The highest BCUT2D eigenvalue weighted by Gasteiger charge is 2.03. The summed E-state index contributed by atoms with van der Waals surface area (Å²) in [6, 6.07) is 8.33. The van der Waals surface area contributed by atoms with Crippen molar-refractivity contribution in [2.75, 3.05) is 0 Å². The first kappa shape index (κ1) is 18.8. The Kier molecular flexibility index (Phi) is 6.89. The maximum atomic E-state index is 10.7. The number of primary amides is 1. The Labute approximate surface area is 139 Å². The molecule has 0 fully saturated rings. The first-order chi connectivity index (χ1) is 10.7. The molecule has 23 heavy (non-hydrogen) atoms. The van der Waals surface area contributed by atoms with Crippen LogP contribution in [0.5, 0.6) is 0 Å². The molecule has 1 aromatic carbocycles. The lowest BCUT2D eigenvalue weighted by atomic mass is 10.1. The van der Waals surface area contributed by atoms with Gasteiger partial charge in [-0.1, -0.05) is 17.7 Å². The summed E-state index contributed by atoms with van der Waals surface area (Å²) in [7, 11) is -4.03. The number of rotatable bonds is 3. The molecule has 0 bridgehead atoms. The summed E-state index contributed by atoms with van der Waals surface area (Å²) < 4.78 is 28.8. The van der Waals surface area contributed by atoms with Crippen LogP contribution in [0, 0.1) is 6.92 Å². The molecule has 2 aromatic rings. The molecule has 0 aliphatic rings. The van der Waals surface area contributed by atoms with Crippen LogP contribution in [0.1, 0.15) is 21.5 Å². The fraction of sp³-hybridized carbons (Fsp3) is 0.0667. The summed E-state index contributed by atoms with van der Waals surface area (Å²) in [6.45, 7) is 1.80. The van der Waals surface area contributed by atoms with E-state index in [-0.39, 0.29) is 0 Å². The van der Waals surface area contributed by atoms with E-state index in [1.807, 2.05) is 0 Å². The number of carbonyl (C=O) groups excluding carboxylic acids is 1. The van der Waals surface area contributed by atoms with E-state index in [0.717, 1.165) is 5.56 Å². The predicted molar refractivity (Wildman–Crippen MR) is 89.5 cm³/mol. The smallest absolute Gasteiger partial charge is 0.287 e. The standard InChI is InChI=1S/C8H8ClNO.C7H7NO3S/c1-5-4-6(9)2-3-7(5)8(10)11;9-12(10,11)5-3-7-2-1-4-8-6-7/h2-4H,1H3,(H2,10,11);1-6H,(H,9,10,11). The largest absolute Gasteiger partial charge is 0.366 e. The van der Waals surface area contributed by atoms with Gasteiger partial charge < -0.3 is 5.73 Å². The Balaban J connectivity index is 0.000000231. The molecule has 0 aliphatic carbocycles. The van der Waals surface area contributed by atoms with E-state index in [4.69, 9.17) is 21.9 Å². The van der Waals surface area contributed by atoms with Crippen LogP contribution in [-0.2, 0) is 10.1 Å². The molecular formula is C15H15ClN2O4S. The summed E-state index contributed by atoms with van der Waals surface area (Å²) in [6.07, 6.45) is 4.33. The fourth-order valence-corrected chi connectivity index (χ4v) is 2.10. The quantitative estimate of drug-likeness (QED) is 0.823. The lowest BCUT2D eigenvalue weighted by Crippen LogP contribution is -2.12.